The predicted molar refractivity (Wildman–Crippen MR) is 122 cm³/mol. The molecule has 2 fully saturated rings. The number of carbonyl (C=O) groups is 2. The van der Waals surface area contributed by atoms with Crippen molar-refractivity contribution in [3.8, 4) is 6.07 Å². The molecule has 7 atom stereocenters. The molecule has 4 nitrogen and oxygen atoms in total. The Hall–Kier alpha value is -2.51. The Balaban J connectivity index is 1.62. The smallest absolute Gasteiger partial charge is 0.159 e. The zero-order valence-corrected chi connectivity index (χ0v) is 18.9. The molecule has 0 radical (unpaired) electrons. The maximum Gasteiger partial charge on any atom is 0.159 e. The Morgan fingerprint density at radius 3 is 2.66 bits per heavy atom. The lowest BCUT2D eigenvalue weighted by molar-refractivity contribution is -0.117. The Morgan fingerprint density at radius 1 is 1.22 bits per heavy atom. The van der Waals surface area contributed by atoms with Crippen LogP contribution in [-0.4, -0.2) is 22.3 Å². The molecule has 0 heterocycles. The third-order valence-electron chi connectivity index (χ3n) is 9.32. The number of hydrogen-bond donors (Lipinski definition) is 1. The van der Waals surface area contributed by atoms with Crippen molar-refractivity contribution < 1.29 is 14.7 Å². The molecule has 0 aliphatic heterocycles. The molecule has 5 rings (SSSR count). The highest BCUT2D eigenvalue weighted by Gasteiger charge is 2.64. The molecule has 32 heavy (non-hydrogen) atoms. The van der Waals surface area contributed by atoms with Crippen molar-refractivity contribution in [3.63, 3.8) is 0 Å². The Labute approximate surface area is 190 Å². The number of benzene rings is 1. The van der Waals surface area contributed by atoms with Crippen molar-refractivity contribution in [2.75, 3.05) is 0 Å². The minimum Gasteiger partial charge on any atom is -0.388 e. The van der Waals surface area contributed by atoms with Crippen molar-refractivity contribution in [2.24, 2.45) is 29.1 Å². The van der Waals surface area contributed by atoms with E-state index in [9.17, 15) is 20.0 Å². The lowest BCUT2D eigenvalue weighted by atomic mass is 9.48. The van der Waals surface area contributed by atoms with Gasteiger partial charge in [-0.25, -0.2) is 0 Å². The molecule has 4 aliphatic carbocycles. The lowest BCUT2D eigenvalue weighted by Gasteiger charge is -2.57. The van der Waals surface area contributed by atoms with Crippen molar-refractivity contribution in [1.29, 1.82) is 5.26 Å². The van der Waals surface area contributed by atoms with Gasteiger partial charge in [-0.05, 0) is 79.4 Å². The first kappa shape index (κ1) is 21.3. The summed E-state index contributed by atoms with van der Waals surface area (Å²) in [7, 11) is 0. The summed E-state index contributed by atoms with van der Waals surface area (Å²) in [6.45, 7) is 3.78. The highest BCUT2D eigenvalue weighted by atomic mass is 16.3. The SMILES string of the molecule is CC(=O)c1ccc([C@H]2C[C@@]3(C)[C@@H](CC[C@@]3(O)CC#N)[C@@H]3C=CC4=CC(=O)CC[C@@H]4[C@H]32)cc1. The first-order valence-electron chi connectivity index (χ1n) is 11.9. The van der Waals surface area contributed by atoms with Gasteiger partial charge >= 0.3 is 0 Å². The van der Waals surface area contributed by atoms with E-state index in [2.05, 4.69) is 37.3 Å². The van der Waals surface area contributed by atoms with E-state index in [1.54, 1.807) is 6.92 Å². The van der Waals surface area contributed by atoms with Crippen molar-refractivity contribution in [3.05, 3.63) is 59.2 Å². The fourth-order valence-electron chi connectivity index (χ4n) is 7.61. The molecule has 4 aliphatic rings. The summed E-state index contributed by atoms with van der Waals surface area (Å²) < 4.78 is 0. The number of ketones is 2. The van der Waals surface area contributed by atoms with E-state index >= 15 is 0 Å². The van der Waals surface area contributed by atoms with E-state index in [1.807, 2.05) is 18.2 Å². The average molecular weight is 430 g/mol. The lowest BCUT2D eigenvalue weighted by Crippen LogP contribution is -2.54. The molecule has 2 saturated carbocycles. The molecule has 1 aromatic carbocycles. The first-order chi connectivity index (χ1) is 15.3. The van der Waals surface area contributed by atoms with E-state index in [4.69, 9.17) is 0 Å². The van der Waals surface area contributed by atoms with Gasteiger partial charge in [-0.3, -0.25) is 9.59 Å². The highest BCUT2D eigenvalue weighted by Crippen LogP contribution is 2.67. The fourth-order valence-corrected chi connectivity index (χ4v) is 7.61. The standard InChI is InChI=1S/C28H31NO3/c1-17(30)18-3-5-19(6-4-18)24-16-27(2)25(11-12-28(27,32)13-14-29)23-9-7-20-15-21(31)8-10-22(20)26(23)24/h3-7,9,15,22-26,32H,8,10-13,16H2,1-2H3/t22-,23-,24+,25-,26+,27-,28+/m0/s1. The van der Waals surface area contributed by atoms with Gasteiger partial charge in [0.25, 0.3) is 0 Å². The van der Waals surface area contributed by atoms with Gasteiger partial charge < -0.3 is 5.11 Å². The number of rotatable bonds is 3. The van der Waals surface area contributed by atoms with Gasteiger partial charge in [0.15, 0.2) is 11.6 Å². The van der Waals surface area contributed by atoms with Crippen LogP contribution in [0.15, 0.2) is 48.1 Å². The van der Waals surface area contributed by atoms with Gasteiger partial charge in [0, 0.05) is 17.4 Å². The number of allylic oxidation sites excluding steroid dienone is 4. The van der Waals surface area contributed by atoms with Crippen LogP contribution in [0.2, 0.25) is 0 Å². The Kier molecular flexibility index (Phi) is 5.02. The van der Waals surface area contributed by atoms with Gasteiger partial charge in [0.05, 0.1) is 18.1 Å². The number of Topliss-reactive ketones (excluding diaryl/α,β-unsaturated/α-hetero) is 1. The van der Waals surface area contributed by atoms with Crippen molar-refractivity contribution in [2.45, 2.75) is 63.9 Å². The van der Waals surface area contributed by atoms with E-state index in [-0.39, 0.29) is 29.3 Å². The number of fused-ring (bicyclic) bond motifs is 5. The fraction of sp³-hybridized carbons (Fsp3) is 0.536. The number of hydrogen-bond acceptors (Lipinski definition) is 4. The number of nitrogens with zero attached hydrogens (tertiary/aromatic N) is 1. The van der Waals surface area contributed by atoms with Crippen LogP contribution in [0.25, 0.3) is 0 Å². The molecule has 0 aromatic heterocycles. The molecular formula is C28H31NO3. The average Bonchev–Trinajstić information content (AvgIpc) is 3.03. The second kappa shape index (κ2) is 7.52. The number of aliphatic hydroxyl groups is 1. The summed E-state index contributed by atoms with van der Waals surface area (Å²) in [5.74, 6) is 1.83. The van der Waals surface area contributed by atoms with Crippen LogP contribution in [0.4, 0.5) is 0 Å². The van der Waals surface area contributed by atoms with E-state index in [0.29, 0.717) is 42.1 Å². The summed E-state index contributed by atoms with van der Waals surface area (Å²) in [6.07, 6.45) is 10.4. The summed E-state index contributed by atoms with van der Waals surface area (Å²) in [5, 5.41) is 21.1. The molecule has 0 saturated heterocycles. The molecule has 1 N–H and O–H groups in total. The Bertz CT molecular complexity index is 1060. The monoisotopic (exact) mass is 429 g/mol. The second-order valence-corrected chi connectivity index (χ2v) is 10.7. The first-order valence-corrected chi connectivity index (χ1v) is 11.9. The van der Waals surface area contributed by atoms with Crippen molar-refractivity contribution in [1.82, 2.24) is 0 Å². The van der Waals surface area contributed by atoms with E-state index in [1.165, 1.54) is 5.56 Å². The van der Waals surface area contributed by atoms with Crippen LogP contribution in [0.1, 0.15) is 74.2 Å². The van der Waals surface area contributed by atoms with Gasteiger partial charge in [-0.2, -0.15) is 5.26 Å². The van der Waals surface area contributed by atoms with Crippen LogP contribution in [0.5, 0.6) is 0 Å². The minimum atomic E-state index is -0.971. The molecule has 4 heteroatoms. The highest BCUT2D eigenvalue weighted by molar-refractivity contribution is 5.94. The zero-order valence-electron chi connectivity index (χ0n) is 18.9. The molecular weight excluding hydrogens is 398 g/mol. The number of nitriles is 1. The number of carbonyl (C=O) groups excluding carboxylic acids is 2. The largest absolute Gasteiger partial charge is 0.388 e. The van der Waals surface area contributed by atoms with Gasteiger partial charge in [-0.1, -0.05) is 43.3 Å². The summed E-state index contributed by atoms with van der Waals surface area (Å²) >= 11 is 0. The third-order valence-corrected chi connectivity index (χ3v) is 9.32. The summed E-state index contributed by atoms with van der Waals surface area (Å²) in [5.41, 5.74) is 1.74. The molecule has 166 valence electrons. The molecule has 0 spiro atoms. The van der Waals surface area contributed by atoms with Gasteiger partial charge in [-0.15, -0.1) is 0 Å². The van der Waals surface area contributed by atoms with Crippen LogP contribution < -0.4 is 0 Å². The normalized spacial score (nSPS) is 40.0. The van der Waals surface area contributed by atoms with Crippen LogP contribution in [0.3, 0.4) is 0 Å². The Morgan fingerprint density at radius 2 is 1.97 bits per heavy atom. The van der Waals surface area contributed by atoms with E-state index < -0.39 is 5.60 Å². The maximum atomic E-state index is 12.1. The second-order valence-electron chi connectivity index (χ2n) is 10.7. The maximum absolute atomic E-state index is 12.1. The van der Waals surface area contributed by atoms with Gasteiger partial charge in [0.2, 0.25) is 0 Å². The predicted octanol–water partition coefficient (Wildman–Crippen LogP) is 5.15. The van der Waals surface area contributed by atoms with Crippen LogP contribution in [0, 0.1) is 40.4 Å². The van der Waals surface area contributed by atoms with E-state index in [0.717, 1.165) is 24.8 Å². The third kappa shape index (κ3) is 3.05. The summed E-state index contributed by atoms with van der Waals surface area (Å²) in [6, 6.07) is 10.2. The molecule has 0 amide bonds. The minimum absolute atomic E-state index is 0.0564. The van der Waals surface area contributed by atoms with Gasteiger partial charge in [0.1, 0.15) is 0 Å². The molecule has 0 unspecified atom stereocenters. The van der Waals surface area contributed by atoms with Crippen molar-refractivity contribution >= 4 is 11.6 Å². The topological polar surface area (TPSA) is 78.2 Å². The summed E-state index contributed by atoms with van der Waals surface area (Å²) in [4.78, 5) is 23.9. The van der Waals surface area contributed by atoms with Crippen LogP contribution in [-0.2, 0) is 4.79 Å². The quantitative estimate of drug-likeness (QED) is 0.675. The molecule has 0 bridgehead atoms. The van der Waals surface area contributed by atoms with Crippen LogP contribution >= 0.6 is 0 Å². The zero-order chi connectivity index (χ0) is 22.7. The molecule has 1 aromatic rings.